The van der Waals surface area contributed by atoms with Crippen LogP contribution < -0.4 is 9.47 Å². The number of aromatic amines is 1. The molecule has 51 heavy (non-hydrogen) atoms. The number of nitrogens with zero attached hydrogens (tertiary/aromatic N) is 2. The van der Waals surface area contributed by atoms with Crippen LogP contribution in [0.15, 0.2) is 131 Å². The van der Waals surface area contributed by atoms with Gasteiger partial charge in [-0.1, -0.05) is 60.7 Å². The molecule has 0 fully saturated rings. The van der Waals surface area contributed by atoms with Crippen molar-refractivity contribution in [2.45, 2.75) is 12.8 Å². The fraction of sp³-hybridized carbons (Fsp3) is 0.158. The summed E-state index contributed by atoms with van der Waals surface area (Å²) in [7, 11) is -8.07. The molecule has 6 rings (SSSR count). The lowest BCUT2D eigenvalue weighted by Crippen LogP contribution is -2.08. The molecule has 3 N–H and O–H groups in total. The molecule has 0 atom stereocenters. The molecule has 262 valence electrons. The highest BCUT2D eigenvalue weighted by molar-refractivity contribution is 7.86. The van der Waals surface area contributed by atoms with E-state index in [4.69, 9.17) is 28.6 Å². The SMILES string of the molecule is O=S(=O)(O)CCCOc1ccc(C2=N/C(=N\c3[nH]c(-c4ccc(OCCCS(=O)(=O)O)cc4)cc3-c3ccccc3)C(c3ccccc3)=C2)cc1. The number of ether oxygens (including phenoxy) is 2. The van der Waals surface area contributed by atoms with Crippen molar-refractivity contribution in [3.05, 3.63) is 132 Å². The summed E-state index contributed by atoms with van der Waals surface area (Å²) in [4.78, 5) is 13.6. The molecule has 1 aliphatic heterocycles. The van der Waals surface area contributed by atoms with Gasteiger partial charge in [-0.3, -0.25) is 9.11 Å². The Kier molecular flexibility index (Phi) is 10.9. The molecule has 0 aliphatic carbocycles. The molecular formula is C38H35N3O8S2. The van der Waals surface area contributed by atoms with Gasteiger partial charge >= 0.3 is 0 Å². The zero-order valence-electron chi connectivity index (χ0n) is 27.3. The largest absolute Gasteiger partial charge is 0.494 e. The summed E-state index contributed by atoms with van der Waals surface area (Å²) in [6, 6.07) is 36.6. The van der Waals surface area contributed by atoms with Gasteiger partial charge in [-0.2, -0.15) is 16.8 Å². The normalized spacial score (nSPS) is 14.0. The highest BCUT2D eigenvalue weighted by atomic mass is 32.2. The van der Waals surface area contributed by atoms with Crippen molar-refractivity contribution in [2.24, 2.45) is 9.98 Å². The van der Waals surface area contributed by atoms with Crippen molar-refractivity contribution in [2.75, 3.05) is 24.7 Å². The summed E-state index contributed by atoms with van der Waals surface area (Å²) in [5, 5.41) is 0. The molecule has 0 bridgehead atoms. The summed E-state index contributed by atoms with van der Waals surface area (Å²) < 4.78 is 73.1. The highest BCUT2D eigenvalue weighted by Crippen LogP contribution is 2.37. The van der Waals surface area contributed by atoms with Gasteiger partial charge in [0.1, 0.15) is 17.3 Å². The first-order chi connectivity index (χ1) is 24.5. The van der Waals surface area contributed by atoms with Crippen LogP contribution in [0, 0.1) is 0 Å². The smallest absolute Gasteiger partial charge is 0.264 e. The van der Waals surface area contributed by atoms with E-state index < -0.39 is 20.2 Å². The summed E-state index contributed by atoms with van der Waals surface area (Å²) in [5.41, 5.74) is 6.92. The lowest BCUT2D eigenvalue weighted by molar-refractivity contribution is 0.316. The van der Waals surface area contributed by atoms with Gasteiger partial charge in [-0.15, -0.1) is 0 Å². The first-order valence-corrected chi connectivity index (χ1v) is 19.3. The third-order valence-corrected chi connectivity index (χ3v) is 9.49. The molecule has 11 nitrogen and oxygen atoms in total. The number of H-pyrrole nitrogens is 1. The third kappa shape index (κ3) is 9.89. The van der Waals surface area contributed by atoms with Crippen LogP contribution in [-0.2, 0) is 20.2 Å². The topological polar surface area (TPSA) is 168 Å². The zero-order chi connectivity index (χ0) is 35.8. The molecule has 13 heteroatoms. The van der Waals surface area contributed by atoms with E-state index in [1.165, 1.54) is 0 Å². The number of nitrogens with one attached hydrogen (secondary N) is 1. The van der Waals surface area contributed by atoms with Crippen molar-refractivity contribution in [1.29, 1.82) is 0 Å². The van der Waals surface area contributed by atoms with Gasteiger partial charge in [0.15, 0.2) is 5.84 Å². The number of hydrogen-bond donors (Lipinski definition) is 3. The Bertz CT molecular complexity index is 2280. The lowest BCUT2D eigenvalue weighted by Gasteiger charge is -2.06. The summed E-state index contributed by atoms with van der Waals surface area (Å²) in [5.74, 6) is 1.57. The number of allylic oxidation sites excluding steroid dienone is 1. The number of aromatic nitrogens is 1. The third-order valence-electron chi connectivity index (χ3n) is 7.88. The number of rotatable bonds is 15. The van der Waals surface area contributed by atoms with Crippen LogP contribution >= 0.6 is 0 Å². The van der Waals surface area contributed by atoms with E-state index in [2.05, 4.69) is 4.98 Å². The van der Waals surface area contributed by atoms with Crippen molar-refractivity contribution < 1.29 is 35.4 Å². The quantitative estimate of drug-likeness (QED) is 0.0748. The van der Waals surface area contributed by atoms with Gasteiger partial charge in [0.25, 0.3) is 20.2 Å². The van der Waals surface area contributed by atoms with Crippen molar-refractivity contribution in [3.8, 4) is 33.9 Å². The highest BCUT2D eigenvalue weighted by Gasteiger charge is 2.21. The Morgan fingerprint density at radius 3 is 1.67 bits per heavy atom. The predicted octanol–water partition coefficient (Wildman–Crippen LogP) is 7.28. The zero-order valence-corrected chi connectivity index (χ0v) is 29.0. The second-order valence-corrected chi connectivity index (χ2v) is 14.8. The monoisotopic (exact) mass is 725 g/mol. The second-order valence-electron chi connectivity index (χ2n) is 11.7. The van der Waals surface area contributed by atoms with Gasteiger partial charge in [-0.25, -0.2) is 9.98 Å². The Balaban J connectivity index is 1.29. The van der Waals surface area contributed by atoms with E-state index in [1.807, 2.05) is 97.1 Å². The Labute approximate surface area is 296 Å². The van der Waals surface area contributed by atoms with Crippen molar-refractivity contribution in [3.63, 3.8) is 0 Å². The van der Waals surface area contributed by atoms with Gasteiger partial charge < -0.3 is 14.5 Å². The lowest BCUT2D eigenvalue weighted by atomic mass is 10.0. The number of amidine groups is 1. The fourth-order valence-corrected chi connectivity index (χ4v) is 6.38. The van der Waals surface area contributed by atoms with Crippen LogP contribution in [0.3, 0.4) is 0 Å². The average Bonchev–Trinajstić information content (AvgIpc) is 3.74. The molecular weight excluding hydrogens is 691 g/mol. The fourth-order valence-electron chi connectivity index (χ4n) is 5.42. The molecule has 0 amide bonds. The van der Waals surface area contributed by atoms with E-state index in [0.29, 0.717) is 28.9 Å². The molecule has 0 saturated heterocycles. The van der Waals surface area contributed by atoms with Crippen LogP contribution in [0.2, 0.25) is 0 Å². The maximum absolute atomic E-state index is 11.0. The molecule has 5 aromatic rings. The van der Waals surface area contributed by atoms with Crippen molar-refractivity contribution >= 4 is 43.2 Å². The Hall–Kier alpha value is -5.34. The minimum Gasteiger partial charge on any atom is -0.494 e. The number of aliphatic imine (C=N–C) groups is 2. The van der Waals surface area contributed by atoms with Crippen LogP contribution in [0.4, 0.5) is 5.82 Å². The van der Waals surface area contributed by atoms with Crippen LogP contribution in [0.25, 0.3) is 28.0 Å². The van der Waals surface area contributed by atoms with Crippen LogP contribution in [-0.4, -0.2) is 67.2 Å². The standard InChI is InChI=1S/C38H35N3O8S2/c42-50(43,44)23-7-21-48-31-17-13-29(14-18-31)35-25-33(27-9-3-1-4-10-27)37(39-35)41-38-34(28-11-5-2-6-12-28)26-36(40-38)30-15-19-32(20-16-30)49-22-8-24-51(45,46)47/h1-6,9-20,25-26,39H,7-8,21-24H2,(H,42,43,44)(H,45,46,47)/b41-38-. The Morgan fingerprint density at radius 1 is 0.627 bits per heavy atom. The number of hydrogen-bond acceptors (Lipinski definition) is 7. The molecule has 1 aromatic heterocycles. The van der Waals surface area contributed by atoms with E-state index in [1.54, 1.807) is 24.3 Å². The van der Waals surface area contributed by atoms with Crippen molar-refractivity contribution in [1.82, 2.24) is 4.98 Å². The van der Waals surface area contributed by atoms with E-state index >= 15 is 0 Å². The molecule has 0 spiro atoms. The first-order valence-electron chi connectivity index (χ1n) is 16.1. The maximum Gasteiger partial charge on any atom is 0.264 e. The Morgan fingerprint density at radius 2 is 1.14 bits per heavy atom. The molecule has 0 radical (unpaired) electrons. The first kappa shape index (κ1) is 35.5. The molecule has 4 aromatic carbocycles. The molecule has 1 aliphatic rings. The van der Waals surface area contributed by atoms with Crippen LogP contribution in [0.1, 0.15) is 24.0 Å². The van der Waals surface area contributed by atoms with E-state index in [-0.39, 0.29) is 37.6 Å². The minimum absolute atomic E-state index is 0.147. The average molecular weight is 726 g/mol. The molecule has 0 unspecified atom stereocenters. The minimum atomic E-state index is -4.03. The summed E-state index contributed by atoms with van der Waals surface area (Å²) >= 11 is 0. The summed E-state index contributed by atoms with van der Waals surface area (Å²) in [6.07, 6.45) is 2.34. The van der Waals surface area contributed by atoms with Gasteiger partial charge in [0.05, 0.1) is 30.4 Å². The predicted molar refractivity (Wildman–Crippen MR) is 199 cm³/mol. The van der Waals surface area contributed by atoms with Gasteiger partial charge in [0.2, 0.25) is 0 Å². The molecule has 0 saturated carbocycles. The molecule has 2 heterocycles. The van der Waals surface area contributed by atoms with E-state index in [9.17, 15) is 16.8 Å². The van der Waals surface area contributed by atoms with Gasteiger partial charge in [0, 0.05) is 22.4 Å². The summed E-state index contributed by atoms with van der Waals surface area (Å²) in [6.45, 7) is 0.299. The number of benzene rings is 4. The maximum atomic E-state index is 11.0. The second kappa shape index (κ2) is 15.7. The van der Waals surface area contributed by atoms with Crippen LogP contribution in [0.5, 0.6) is 11.5 Å². The van der Waals surface area contributed by atoms with E-state index in [0.717, 1.165) is 39.1 Å². The van der Waals surface area contributed by atoms with Gasteiger partial charge in [-0.05, 0) is 90.2 Å².